The second-order valence-corrected chi connectivity index (χ2v) is 11.6. The summed E-state index contributed by atoms with van der Waals surface area (Å²) in [6.07, 6.45) is 11.3. The second kappa shape index (κ2) is 6.31. The summed E-state index contributed by atoms with van der Waals surface area (Å²) in [4.78, 5) is 0.193. The van der Waals surface area contributed by atoms with Crippen molar-refractivity contribution in [1.29, 1.82) is 0 Å². The van der Waals surface area contributed by atoms with Gasteiger partial charge in [-0.05, 0) is 97.0 Å². The molecule has 6 atom stereocenters. The molecule has 5 rings (SSSR count). The number of hydrogen-bond donors (Lipinski definition) is 0. The van der Waals surface area contributed by atoms with E-state index in [-0.39, 0.29) is 15.7 Å². The van der Waals surface area contributed by atoms with Gasteiger partial charge in [-0.2, -0.15) is 0 Å². The highest BCUT2D eigenvalue weighted by molar-refractivity contribution is 7.85. The zero-order chi connectivity index (χ0) is 19.7. The van der Waals surface area contributed by atoms with E-state index in [4.69, 9.17) is 0 Å². The molecule has 4 bridgehead atoms. The lowest BCUT2D eigenvalue weighted by Gasteiger charge is -2.43. The van der Waals surface area contributed by atoms with Crippen LogP contribution in [0.4, 0.5) is 0 Å². The molecule has 0 aromatic heterocycles. The van der Waals surface area contributed by atoms with Crippen LogP contribution in [0.25, 0.3) is 0 Å². The molecule has 0 saturated heterocycles. The Morgan fingerprint density at radius 3 is 1.64 bits per heavy atom. The maximum Gasteiger partial charge on any atom is 0.125 e. The van der Waals surface area contributed by atoms with E-state index in [9.17, 15) is 13.0 Å². The van der Waals surface area contributed by atoms with Crippen molar-refractivity contribution in [3.05, 3.63) is 29.3 Å². The summed E-state index contributed by atoms with van der Waals surface area (Å²) in [5.41, 5.74) is 1.53. The normalized spacial score (nSPS) is 41.8. The first-order valence-corrected chi connectivity index (χ1v) is 12.8. The summed E-state index contributed by atoms with van der Waals surface area (Å²) in [5, 5.41) is 0. The molecule has 154 valence electrons. The zero-order valence-corrected chi connectivity index (χ0v) is 18.1. The van der Waals surface area contributed by atoms with E-state index in [1.54, 1.807) is 0 Å². The van der Waals surface area contributed by atoms with Gasteiger partial charge in [0.2, 0.25) is 0 Å². The fourth-order valence-electron chi connectivity index (χ4n) is 8.39. The molecule has 0 N–H and O–H groups in total. The van der Waals surface area contributed by atoms with Crippen molar-refractivity contribution < 1.29 is 13.0 Å². The molecule has 3 nitrogen and oxygen atoms in total. The summed E-state index contributed by atoms with van der Waals surface area (Å²) in [6.45, 7) is 4.39. The van der Waals surface area contributed by atoms with Crippen molar-refractivity contribution >= 4 is 10.1 Å². The third-order valence-corrected chi connectivity index (χ3v) is 10.5. The third kappa shape index (κ3) is 2.46. The van der Waals surface area contributed by atoms with Gasteiger partial charge in [-0.1, -0.05) is 44.9 Å². The van der Waals surface area contributed by atoms with Gasteiger partial charge in [0, 0.05) is 0 Å². The lowest BCUT2D eigenvalue weighted by atomic mass is 9.63. The number of benzene rings is 1. The van der Waals surface area contributed by atoms with Crippen molar-refractivity contribution in [2.24, 2.45) is 23.7 Å². The molecule has 4 aliphatic rings. The first kappa shape index (κ1) is 19.1. The average molecular weight is 402 g/mol. The first-order chi connectivity index (χ1) is 13.3. The van der Waals surface area contributed by atoms with E-state index in [0.29, 0.717) is 23.7 Å². The standard InChI is InChI=1S/C24H34O3S/c1-3-23(14-16-8-10-18(23)12-16)20-6-5-7-21(22(20)28(25,26)27)24(4-2)15-17-9-11-19(24)13-17/h5-7,16-19H,3-4,8-15H2,1-2H3,(H,25,26,27)/p-1. The van der Waals surface area contributed by atoms with E-state index >= 15 is 0 Å². The molecule has 4 heteroatoms. The lowest BCUT2D eigenvalue weighted by Crippen LogP contribution is -2.37. The monoisotopic (exact) mass is 401 g/mol. The van der Waals surface area contributed by atoms with Gasteiger partial charge in [-0.15, -0.1) is 0 Å². The van der Waals surface area contributed by atoms with Crippen LogP contribution in [0, 0.1) is 23.7 Å². The molecule has 1 aromatic rings. The molecule has 0 aliphatic heterocycles. The van der Waals surface area contributed by atoms with Gasteiger partial charge in [-0.25, -0.2) is 8.42 Å². The Morgan fingerprint density at radius 1 is 0.893 bits per heavy atom. The molecule has 0 heterocycles. The maximum absolute atomic E-state index is 12.8. The van der Waals surface area contributed by atoms with Crippen LogP contribution in [0.3, 0.4) is 0 Å². The van der Waals surface area contributed by atoms with Gasteiger partial charge in [0.1, 0.15) is 10.1 Å². The third-order valence-electron chi connectivity index (χ3n) is 9.55. The van der Waals surface area contributed by atoms with Gasteiger partial charge in [0.25, 0.3) is 0 Å². The first-order valence-electron chi connectivity index (χ1n) is 11.4. The Labute approximate surface area is 170 Å². The minimum absolute atomic E-state index is 0.113. The summed E-state index contributed by atoms with van der Waals surface area (Å²) in [5.74, 6) is 2.49. The summed E-state index contributed by atoms with van der Waals surface area (Å²) < 4.78 is 38.3. The fraction of sp³-hybridized carbons (Fsp3) is 0.750. The van der Waals surface area contributed by atoms with E-state index in [0.717, 1.165) is 36.8 Å². The van der Waals surface area contributed by atoms with E-state index in [2.05, 4.69) is 19.9 Å². The Morgan fingerprint density at radius 2 is 1.36 bits per heavy atom. The molecule has 0 spiro atoms. The van der Waals surface area contributed by atoms with Crippen LogP contribution in [0.2, 0.25) is 0 Å². The van der Waals surface area contributed by atoms with Gasteiger partial charge >= 0.3 is 0 Å². The fourth-order valence-corrected chi connectivity index (χ4v) is 9.47. The van der Waals surface area contributed by atoms with Gasteiger partial charge < -0.3 is 4.55 Å². The second-order valence-electron chi connectivity index (χ2n) is 10.3. The van der Waals surface area contributed by atoms with Gasteiger partial charge in [-0.3, -0.25) is 0 Å². The SMILES string of the molecule is CCC1(c2cccc(C3(CC)CC4CCC3C4)c2S(=O)(=O)[O-])CC2CCC1C2. The topological polar surface area (TPSA) is 57.2 Å². The van der Waals surface area contributed by atoms with E-state index in [1.807, 2.05) is 12.1 Å². The minimum Gasteiger partial charge on any atom is -0.744 e. The molecule has 1 aromatic carbocycles. The van der Waals surface area contributed by atoms with Crippen molar-refractivity contribution in [2.45, 2.75) is 93.8 Å². The van der Waals surface area contributed by atoms with Crippen LogP contribution in [0.1, 0.15) is 89.2 Å². The van der Waals surface area contributed by atoms with Crippen LogP contribution in [0.15, 0.2) is 23.1 Å². The van der Waals surface area contributed by atoms with E-state index < -0.39 is 10.1 Å². The highest BCUT2D eigenvalue weighted by Gasteiger charge is 2.55. The maximum atomic E-state index is 12.8. The van der Waals surface area contributed by atoms with Crippen molar-refractivity contribution in [1.82, 2.24) is 0 Å². The predicted octanol–water partition coefficient (Wildman–Crippen LogP) is 5.53. The Kier molecular flexibility index (Phi) is 4.31. The molecule has 0 amide bonds. The predicted molar refractivity (Wildman–Crippen MR) is 109 cm³/mol. The molecule has 4 aliphatic carbocycles. The Bertz CT molecular complexity index is 837. The summed E-state index contributed by atoms with van der Waals surface area (Å²) in [6, 6.07) is 6.05. The summed E-state index contributed by atoms with van der Waals surface area (Å²) >= 11 is 0. The highest BCUT2D eigenvalue weighted by Crippen LogP contribution is 2.63. The molecular weight excluding hydrogens is 368 g/mol. The quantitative estimate of drug-likeness (QED) is 0.610. The van der Waals surface area contributed by atoms with Crippen LogP contribution in [0.5, 0.6) is 0 Å². The average Bonchev–Trinajstić information content (AvgIpc) is 3.46. The van der Waals surface area contributed by atoms with Crippen molar-refractivity contribution in [2.75, 3.05) is 0 Å². The zero-order valence-electron chi connectivity index (χ0n) is 17.2. The molecular formula is C24H33O3S-. The summed E-state index contributed by atoms with van der Waals surface area (Å²) in [7, 11) is -4.52. The minimum atomic E-state index is -4.52. The molecule has 6 unspecified atom stereocenters. The van der Waals surface area contributed by atoms with Crippen LogP contribution in [-0.4, -0.2) is 13.0 Å². The van der Waals surface area contributed by atoms with Gasteiger partial charge in [0.15, 0.2) is 0 Å². The largest absolute Gasteiger partial charge is 0.744 e. The lowest BCUT2D eigenvalue weighted by molar-refractivity contribution is 0.239. The smallest absolute Gasteiger partial charge is 0.125 e. The van der Waals surface area contributed by atoms with Crippen LogP contribution in [-0.2, 0) is 20.9 Å². The highest BCUT2D eigenvalue weighted by atomic mass is 32.2. The molecule has 0 radical (unpaired) electrons. The van der Waals surface area contributed by atoms with Crippen LogP contribution < -0.4 is 0 Å². The molecule has 28 heavy (non-hydrogen) atoms. The number of rotatable bonds is 5. The number of hydrogen-bond acceptors (Lipinski definition) is 3. The Hall–Kier alpha value is -0.870. The van der Waals surface area contributed by atoms with Crippen molar-refractivity contribution in [3.8, 4) is 0 Å². The van der Waals surface area contributed by atoms with Gasteiger partial charge in [0.05, 0.1) is 4.90 Å². The Balaban J connectivity index is 1.74. The van der Waals surface area contributed by atoms with Crippen molar-refractivity contribution in [3.63, 3.8) is 0 Å². The van der Waals surface area contributed by atoms with E-state index in [1.165, 1.54) is 38.5 Å². The number of fused-ring (bicyclic) bond motifs is 4. The molecule has 4 fully saturated rings. The molecule has 4 saturated carbocycles. The van der Waals surface area contributed by atoms with Crippen LogP contribution >= 0.6 is 0 Å².